The fourth-order valence-electron chi connectivity index (χ4n) is 4.93. The minimum atomic E-state index is -1.51. The van der Waals surface area contributed by atoms with Crippen LogP contribution in [0, 0.1) is 0 Å². The molecule has 5 rings (SSSR count). The van der Waals surface area contributed by atoms with Crippen LogP contribution in [-0.4, -0.2) is 6.16 Å². The third-order valence-corrected chi connectivity index (χ3v) is 10.9. The van der Waals surface area contributed by atoms with Gasteiger partial charge in [0, 0.05) is 5.56 Å². The second-order valence-electron chi connectivity index (χ2n) is 8.06. The van der Waals surface area contributed by atoms with E-state index in [4.69, 9.17) is 0 Å². The van der Waals surface area contributed by atoms with Crippen molar-refractivity contribution in [1.29, 1.82) is 0 Å². The van der Waals surface area contributed by atoms with Gasteiger partial charge in [0.2, 0.25) is 0 Å². The zero-order valence-corrected chi connectivity index (χ0v) is 17.3. The smallest absolute Gasteiger partial charge is 0.0620 e. The molecule has 0 N–H and O–H groups in total. The molecule has 1 heteroatoms. The summed E-state index contributed by atoms with van der Waals surface area (Å²) in [5.74, 6) is 0.605. The highest BCUT2D eigenvalue weighted by Gasteiger charge is 2.45. The predicted octanol–water partition coefficient (Wildman–Crippen LogP) is 6.52. The van der Waals surface area contributed by atoms with Crippen LogP contribution in [0.4, 0.5) is 0 Å². The van der Waals surface area contributed by atoms with Gasteiger partial charge < -0.3 is 0 Å². The molecular formula is C27H26P+. The molecule has 0 aliphatic carbocycles. The first kappa shape index (κ1) is 17.7. The minimum absolute atomic E-state index is 0.605. The second-order valence-corrected chi connectivity index (χ2v) is 11.8. The largest absolute Gasteiger partial charge is 0.0995 e. The van der Waals surface area contributed by atoms with Crippen molar-refractivity contribution < 1.29 is 0 Å². The van der Waals surface area contributed by atoms with E-state index in [1.807, 2.05) is 0 Å². The van der Waals surface area contributed by atoms with Crippen LogP contribution in [0.2, 0.25) is 0 Å². The zero-order chi connectivity index (χ0) is 19.0. The monoisotopic (exact) mass is 381 g/mol. The van der Waals surface area contributed by atoms with Crippen LogP contribution in [0.3, 0.4) is 0 Å². The molecule has 0 amide bonds. The van der Waals surface area contributed by atoms with E-state index in [-0.39, 0.29) is 0 Å². The van der Waals surface area contributed by atoms with E-state index in [0.717, 1.165) is 0 Å². The molecule has 0 radical (unpaired) electrons. The van der Waals surface area contributed by atoms with Gasteiger partial charge in [0.15, 0.2) is 0 Å². The number of fused-ring (bicyclic) bond motifs is 3. The molecule has 4 aromatic rings. The van der Waals surface area contributed by atoms with Crippen LogP contribution >= 0.6 is 7.26 Å². The Morgan fingerprint density at radius 1 is 0.679 bits per heavy atom. The van der Waals surface area contributed by atoms with Crippen molar-refractivity contribution >= 4 is 28.6 Å². The molecule has 0 aromatic heterocycles. The first-order valence-electron chi connectivity index (χ1n) is 10.3. The molecule has 1 heterocycles. The van der Waals surface area contributed by atoms with Crippen LogP contribution in [0.15, 0.2) is 97.1 Å². The third kappa shape index (κ3) is 2.88. The predicted molar refractivity (Wildman–Crippen MR) is 125 cm³/mol. The van der Waals surface area contributed by atoms with Gasteiger partial charge in [0.1, 0.15) is 0 Å². The Bertz CT molecular complexity index is 1060. The average molecular weight is 381 g/mol. The van der Waals surface area contributed by atoms with E-state index < -0.39 is 7.26 Å². The van der Waals surface area contributed by atoms with Crippen molar-refractivity contribution in [3.05, 3.63) is 108 Å². The summed E-state index contributed by atoms with van der Waals surface area (Å²) >= 11 is 0. The Hall–Kier alpha value is -2.43. The molecule has 0 nitrogen and oxygen atoms in total. The maximum Gasteiger partial charge on any atom is 0.0995 e. The number of hydrogen-bond acceptors (Lipinski definition) is 0. The molecule has 28 heavy (non-hydrogen) atoms. The van der Waals surface area contributed by atoms with Crippen molar-refractivity contribution in [1.82, 2.24) is 0 Å². The Kier molecular flexibility index (Phi) is 4.53. The molecule has 138 valence electrons. The van der Waals surface area contributed by atoms with Crippen LogP contribution in [-0.2, 0) is 6.16 Å². The fourth-order valence-corrected chi connectivity index (χ4v) is 9.47. The SMILES string of the molecule is CC1CC[P+](c2ccccc2)(c2ccccc2)Cc2c1ccc1ccccc21. The van der Waals surface area contributed by atoms with Gasteiger partial charge in [-0.05, 0) is 52.9 Å². The van der Waals surface area contributed by atoms with Gasteiger partial charge in [-0.2, -0.15) is 0 Å². The van der Waals surface area contributed by atoms with Crippen molar-refractivity contribution in [2.24, 2.45) is 0 Å². The van der Waals surface area contributed by atoms with E-state index in [9.17, 15) is 0 Å². The van der Waals surface area contributed by atoms with Crippen LogP contribution in [0.5, 0.6) is 0 Å². The van der Waals surface area contributed by atoms with E-state index in [0.29, 0.717) is 5.92 Å². The Morgan fingerprint density at radius 3 is 1.96 bits per heavy atom. The summed E-state index contributed by atoms with van der Waals surface area (Å²) in [7, 11) is -1.51. The Labute approximate surface area is 168 Å². The lowest BCUT2D eigenvalue weighted by molar-refractivity contribution is 0.740. The molecule has 0 bridgehead atoms. The van der Waals surface area contributed by atoms with E-state index in [2.05, 4.69) is 104 Å². The van der Waals surface area contributed by atoms with Crippen molar-refractivity contribution in [3.63, 3.8) is 0 Å². The summed E-state index contributed by atoms with van der Waals surface area (Å²) in [4.78, 5) is 0. The summed E-state index contributed by atoms with van der Waals surface area (Å²) in [6, 6.07) is 36.4. The standard InChI is InChI=1S/C27H26P/c1-21-18-19-28(23-11-4-2-5-12-23,24-13-6-3-7-14-24)20-27-25(21)17-16-22-10-8-9-15-26(22)27/h2-17,21H,18-20H2,1H3/q+1. The minimum Gasteiger partial charge on any atom is -0.0620 e. The van der Waals surface area contributed by atoms with Gasteiger partial charge >= 0.3 is 0 Å². The summed E-state index contributed by atoms with van der Waals surface area (Å²) in [5, 5.41) is 5.92. The molecular weight excluding hydrogens is 355 g/mol. The van der Waals surface area contributed by atoms with Gasteiger partial charge in [-0.15, -0.1) is 0 Å². The summed E-state index contributed by atoms with van der Waals surface area (Å²) in [5.41, 5.74) is 3.15. The highest BCUT2D eigenvalue weighted by atomic mass is 31.2. The molecule has 0 saturated heterocycles. The lowest BCUT2D eigenvalue weighted by atomic mass is 9.91. The Morgan fingerprint density at radius 2 is 1.29 bits per heavy atom. The lowest BCUT2D eigenvalue weighted by Crippen LogP contribution is -2.26. The van der Waals surface area contributed by atoms with Gasteiger partial charge in [0.05, 0.1) is 30.2 Å². The van der Waals surface area contributed by atoms with Crippen LogP contribution in [0.25, 0.3) is 10.8 Å². The Balaban J connectivity index is 1.79. The van der Waals surface area contributed by atoms with Crippen molar-refractivity contribution in [3.8, 4) is 0 Å². The molecule has 0 spiro atoms. The van der Waals surface area contributed by atoms with Crippen molar-refractivity contribution in [2.75, 3.05) is 6.16 Å². The highest BCUT2D eigenvalue weighted by molar-refractivity contribution is 7.88. The summed E-state index contributed by atoms with van der Waals surface area (Å²) in [6.07, 6.45) is 3.70. The molecule has 4 aromatic carbocycles. The molecule has 0 saturated carbocycles. The molecule has 0 fully saturated rings. The molecule has 1 unspecified atom stereocenters. The molecule has 1 aliphatic heterocycles. The van der Waals surface area contributed by atoms with Crippen molar-refractivity contribution in [2.45, 2.75) is 25.4 Å². The average Bonchev–Trinajstić information content (AvgIpc) is 2.93. The molecule has 1 atom stereocenters. The van der Waals surface area contributed by atoms with Crippen LogP contribution < -0.4 is 10.6 Å². The zero-order valence-electron chi connectivity index (χ0n) is 16.4. The van der Waals surface area contributed by atoms with Gasteiger partial charge in [-0.1, -0.05) is 79.7 Å². The fraction of sp³-hybridized carbons (Fsp3) is 0.185. The maximum absolute atomic E-state index is 2.42. The maximum atomic E-state index is 2.42. The first-order chi connectivity index (χ1) is 13.8. The van der Waals surface area contributed by atoms with Gasteiger partial charge in [-0.25, -0.2) is 0 Å². The topological polar surface area (TPSA) is 0 Å². The summed E-state index contributed by atoms with van der Waals surface area (Å²) < 4.78 is 0. The number of benzene rings is 4. The quantitative estimate of drug-likeness (QED) is 0.347. The van der Waals surface area contributed by atoms with E-state index in [1.54, 1.807) is 21.7 Å². The number of hydrogen-bond donors (Lipinski definition) is 0. The normalized spacial score (nSPS) is 18.4. The van der Waals surface area contributed by atoms with Gasteiger partial charge in [-0.3, -0.25) is 0 Å². The second kappa shape index (κ2) is 7.19. The lowest BCUT2D eigenvalue weighted by Gasteiger charge is -2.27. The van der Waals surface area contributed by atoms with E-state index >= 15 is 0 Å². The molecule has 1 aliphatic rings. The number of rotatable bonds is 2. The van der Waals surface area contributed by atoms with Crippen LogP contribution in [0.1, 0.15) is 30.4 Å². The highest BCUT2D eigenvalue weighted by Crippen LogP contribution is 2.63. The van der Waals surface area contributed by atoms with Gasteiger partial charge in [0.25, 0.3) is 0 Å². The third-order valence-electron chi connectivity index (χ3n) is 6.48. The first-order valence-corrected chi connectivity index (χ1v) is 12.4. The summed E-state index contributed by atoms with van der Waals surface area (Å²) in [6.45, 7) is 2.42. The van der Waals surface area contributed by atoms with E-state index in [1.165, 1.54) is 29.5 Å².